The first-order valence-corrected chi connectivity index (χ1v) is 11.6. The van der Waals surface area contributed by atoms with Gasteiger partial charge in [0.05, 0.1) is 5.75 Å². The molecule has 0 amide bonds. The quantitative estimate of drug-likeness (QED) is 0.618. The molecule has 2 nitrogen and oxygen atoms in total. The molecule has 1 N–H and O–H groups in total. The molecule has 1 saturated carbocycles. The molecule has 2 unspecified atom stereocenters. The van der Waals surface area contributed by atoms with Crippen molar-refractivity contribution in [2.75, 3.05) is 5.75 Å². The second-order valence-corrected chi connectivity index (χ2v) is 12.0. The van der Waals surface area contributed by atoms with E-state index in [2.05, 4.69) is 59.7 Å². The van der Waals surface area contributed by atoms with Crippen molar-refractivity contribution in [1.29, 1.82) is 0 Å². The first-order chi connectivity index (χ1) is 12.0. The van der Waals surface area contributed by atoms with Crippen LogP contribution in [0, 0.1) is 0 Å². The van der Waals surface area contributed by atoms with Crippen molar-refractivity contribution in [3.63, 3.8) is 0 Å². The predicted molar refractivity (Wildman–Crippen MR) is 116 cm³/mol. The first-order valence-electron chi connectivity index (χ1n) is 9.63. The van der Waals surface area contributed by atoms with Gasteiger partial charge in [0.15, 0.2) is 0 Å². The van der Waals surface area contributed by atoms with Crippen LogP contribution in [0.5, 0.6) is 0 Å². The normalized spacial score (nSPS) is 21.6. The van der Waals surface area contributed by atoms with E-state index in [4.69, 9.17) is 5.11 Å². The SMILES string of the molecule is CC(C)(C)c1cc(SC2CCCCC2SCC(=O)O)cc(C(C)(C)C)c1. The molecule has 1 aromatic rings. The average molecular weight is 395 g/mol. The van der Waals surface area contributed by atoms with Crippen LogP contribution in [0.25, 0.3) is 0 Å². The third kappa shape index (κ3) is 6.23. The Morgan fingerprint density at radius 1 is 0.962 bits per heavy atom. The molecule has 0 aliphatic heterocycles. The van der Waals surface area contributed by atoms with Crippen molar-refractivity contribution in [2.45, 2.75) is 93.5 Å². The summed E-state index contributed by atoms with van der Waals surface area (Å²) in [6.45, 7) is 13.6. The molecular formula is C22H34O2S2. The van der Waals surface area contributed by atoms with Crippen LogP contribution in [-0.4, -0.2) is 27.3 Å². The Morgan fingerprint density at radius 3 is 1.92 bits per heavy atom. The van der Waals surface area contributed by atoms with Crippen LogP contribution < -0.4 is 0 Å². The molecule has 0 saturated heterocycles. The Kier molecular flexibility index (Phi) is 7.17. The third-order valence-corrected chi connectivity index (χ3v) is 7.94. The van der Waals surface area contributed by atoms with Gasteiger partial charge in [0.2, 0.25) is 0 Å². The number of hydrogen-bond acceptors (Lipinski definition) is 3. The minimum absolute atomic E-state index is 0.126. The van der Waals surface area contributed by atoms with E-state index >= 15 is 0 Å². The Labute approximate surface area is 167 Å². The van der Waals surface area contributed by atoms with Crippen molar-refractivity contribution in [3.05, 3.63) is 29.3 Å². The summed E-state index contributed by atoms with van der Waals surface area (Å²) in [6.07, 6.45) is 4.81. The number of thioether (sulfide) groups is 2. The molecule has 0 spiro atoms. The van der Waals surface area contributed by atoms with Gasteiger partial charge in [-0.2, -0.15) is 0 Å². The fourth-order valence-corrected chi connectivity index (χ4v) is 6.03. The summed E-state index contributed by atoms with van der Waals surface area (Å²) >= 11 is 3.60. The van der Waals surface area contributed by atoms with E-state index in [0.29, 0.717) is 10.5 Å². The first kappa shape index (κ1) is 21.7. The zero-order valence-electron chi connectivity index (χ0n) is 17.1. The molecule has 2 rings (SSSR count). The summed E-state index contributed by atoms with van der Waals surface area (Å²) < 4.78 is 0. The van der Waals surface area contributed by atoms with Crippen LogP contribution >= 0.6 is 23.5 Å². The maximum Gasteiger partial charge on any atom is 0.313 e. The van der Waals surface area contributed by atoms with Crippen molar-refractivity contribution >= 4 is 29.5 Å². The van der Waals surface area contributed by atoms with Crippen molar-refractivity contribution in [2.24, 2.45) is 0 Å². The van der Waals surface area contributed by atoms with Gasteiger partial charge in [-0.25, -0.2) is 0 Å². The summed E-state index contributed by atoms with van der Waals surface area (Å²) in [6, 6.07) is 7.07. The minimum Gasteiger partial charge on any atom is -0.481 e. The van der Waals surface area contributed by atoms with Gasteiger partial charge in [-0.1, -0.05) is 60.5 Å². The Balaban J connectivity index is 2.27. The second-order valence-electron chi connectivity index (χ2n) is 9.43. The molecule has 1 aliphatic carbocycles. The highest BCUT2D eigenvalue weighted by atomic mass is 32.2. The van der Waals surface area contributed by atoms with Crippen LogP contribution in [0.3, 0.4) is 0 Å². The molecule has 1 aromatic carbocycles. The number of hydrogen-bond donors (Lipinski definition) is 1. The van der Waals surface area contributed by atoms with Gasteiger partial charge in [-0.15, -0.1) is 23.5 Å². The van der Waals surface area contributed by atoms with Crippen LogP contribution in [0.1, 0.15) is 78.4 Å². The lowest BCUT2D eigenvalue weighted by Crippen LogP contribution is -2.26. The molecule has 1 fully saturated rings. The number of carboxylic acids is 1. The number of rotatable bonds is 5. The predicted octanol–water partition coefficient (Wildman–Crippen LogP) is 6.50. The van der Waals surface area contributed by atoms with Crippen LogP contribution in [0.2, 0.25) is 0 Å². The summed E-state index contributed by atoms with van der Waals surface area (Å²) in [5, 5.41) is 10.0. The molecular weight excluding hydrogens is 360 g/mol. The van der Waals surface area contributed by atoms with Crippen molar-refractivity contribution < 1.29 is 9.90 Å². The molecule has 0 aromatic heterocycles. The van der Waals surface area contributed by atoms with Crippen molar-refractivity contribution in [3.8, 4) is 0 Å². The zero-order chi connectivity index (χ0) is 19.5. The van der Waals surface area contributed by atoms with E-state index in [-0.39, 0.29) is 16.6 Å². The van der Waals surface area contributed by atoms with E-state index in [1.54, 1.807) is 11.8 Å². The van der Waals surface area contributed by atoms with Gasteiger partial charge in [0.25, 0.3) is 0 Å². The van der Waals surface area contributed by atoms with E-state index < -0.39 is 5.97 Å². The number of carbonyl (C=O) groups is 1. The molecule has 0 radical (unpaired) electrons. The fourth-order valence-electron chi connectivity index (χ4n) is 3.27. The zero-order valence-corrected chi connectivity index (χ0v) is 18.7. The minimum atomic E-state index is -0.700. The molecule has 4 heteroatoms. The Bertz CT molecular complexity index is 594. The van der Waals surface area contributed by atoms with Gasteiger partial charge < -0.3 is 5.11 Å². The number of aliphatic carboxylic acids is 1. The van der Waals surface area contributed by atoms with Crippen LogP contribution in [0.15, 0.2) is 23.1 Å². The summed E-state index contributed by atoms with van der Waals surface area (Å²) in [7, 11) is 0. The number of benzene rings is 1. The van der Waals surface area contributed by atoms with Crippen LogP contribution in [0.4, 0.5) is 0 Å². The lowest BCUT2D eigenvalue weighted by atomic mass is 9.81. The smallest absolute Gasteiger partial charge is 0.313 e. The van der Waals surface area contributed by atoms with Gasteiger partial charge >= 0.3 is 5.97 Å². The Hall–Kier alpha value is -0.610. The van der Waals surface area contributed by atoms with E-state index in [9.17, 15) is 4.79 Å². The molecule has 0 bridgehead atoms. The Morgan fingerprint density at radius 2 is 1.46 bits per heavy atom. The topological polar surface area (TPSA) is 37.3 Å². The monoisotopic (exact) mass is 394 g/mol. The highest BCUT2D eigenvalue weighted by molar-refractivity contribution is 8.04. The lowest BCUT2D eigenvalue weighted by Gasteiger charge is -2.31. The van der Waals surface area contributed by atoms with E-state index in [0.717, 1.165) is 6.42 Å². The summed E-state index contributed by atoms with van der Waals surface area (Å²) in [5.74, 6) is -0.481. The third-order valence-electron chi connectivity index (χ3n) is 4.99. The average Bonchev–Trinajstić information content (AvgIpc) is 2.52. The van der Waals surface area contributed by atoms with Gasteiger partial charge in [0, 0.05) is 15.4 Å². The maximum absolute atomic E-state index is 11.0. The maximum atomic E-state index is 11.0. The molecule has 0 heterocycles. The van der Waals surface area contributed by atoms with Crippen LogP contribution in [-0.2, 0) is 15.6 Å². The largest absolute Gasteiger partial charge is 0.481 e. The van der Waals surface area contributed by atoms with Crippen molar-refractivity contribution in [1.82, 2.24) is 0 Å². The highest BCUT2D eigenvalue weighted by Crippen LogP contribution is 2.41. The second kappa shape index (κ2) is 8.60. The fraction of sp³-hybridized carbons (Fsp3) is 0.682. The van der Waals surface area contributed by atoms with Gasteiger partial charge in [-0.3, -0.25) is 4.79 Å². The standard InChI is InChI=1S/C22H34O2S2/c1-21(2,3)15-11-16(22(4,5)6)13-17(12-15)26-19-10-8-7-9-18(19)25-14-20(23)24/h11-13,18-19H,7-10,14H2,1-6H3,(H,23,24). The molecule has 146 valence electrons. The number of carboxylic acid groups (broad SMARTS) is 1. The molecule has 26 heavy (non-hydrogen) atoms. The lowest BCUT2D eigenvalue weighted by molar-refractivity contribution is -0.133. The van der Waals surface area contributed by atoms with E-state index in [1.807, 2.05) is 11.8 Å². The summed E-state index contributed by atoms with van der Waals surface area (Å²) in [5.41, 5.74) is 3.03. The van der Waals surface area contributed by atoms with E-state index in [1.165, 1.54) is 35.3 Å². The molecule has 1 aliphatic rings. The van der Waals surface area contributed by atoms with Gasteiger partial charge in [0.1, 0.15) is 0 Å². The van der Waals surface area contributed by atoms with Gasteiger partial charge in [-0.05, 0) is 46.9 Å². The highest BCUT2D eigenvalue weighted by Gasteiger charge is 2.28. The summed E-state index contributed by atoms with van der Waals surface area (Å²) in [4.78, 5) is 12.3. The molecule has 2 atom stereocenters.